The van der Waals surface area contributed by atoms with Gasteiger partial charge < -0.3 is 10.5 Å². The quantitative estimate of drug-likeness (QED) is 0.924. The van der Waals surface area contributed by atoms with Crippen LogP contribution < -0.4 is 10.5 Å². The van der Waals surface area contributed by atoms with Crippen molar-refractivity contribution in [3.05, 3.63) is 34.2 Å². The summed E-state index contributed by atoms with van der Waals surface area (Å²) >= 11 is 3.39. The molecule has 0 aliphatic heterocycles. The van der Waals surface area contributed by atoms with Crippen LogP contribution in [0.4, 0.5) is 10.2 Å². The molecule has 0 aliphatic rings. The van der Waals surface area contributed by atoms with Crippen molar-refractivity contribution in [1.29, 1.82) is 0 Å². The monoisotopic (exact) mass is 339 g/mol. The smallest absolute Gasteiger partial charge is 0.165 e. The number of nitrogen functional groups attached to an aromatic ring is 1. The van der Waals surface area contributed by atoms with Gasteiger partial charge in [-0.25, -0.2) is 14.4 Å². The van der Waals surface area contributed by atoms with Crippen molar-refractivity contribution in [2.75, 3.05) is 12.8 Å². The molecule has 0 aliphatic carbocycles. The second-order valence-corrected chi connectivity index (χ2v) is 5.09. The molecule has 2 aromatic rings. The third-order valence-corrected chi connectivity index (χ3v) is 3.71. The molecular weight excluding hydrogens is 325 g/mol. The van der Waals surface area contributed by atoms with Gasteiger partial charge in [-0.15, -0.1) is 0 Å². The minimum absolute atomic E-state index is 0.157. The van der Waals surface area contributed by atoms with Crippen molar-refractivity contribution in [2.45, 2.75) is 19.8 Å². The Morgan fingerprint density at radius 3 is 2.75 bits per heavy atom. The number of nitrogens with zero attached hydrogens (tertiary/aromatic N) is 2. The van der Waals surface area contributed by atoms with Crippen LogP contribution in [0.15, 0.2) is 22.7 Å². The van der Waals surface area contributed by atoms with Gasteiger partial charge in [0.25, 0.3) is 0 Å². The van der Waals surface area contributed by atoms with Crippen molar-refractivity contribution in [3.8, 4) is 17.1 Å². The Morgan fingerprint density at radius 2 is 2.10 bits per heavy atom. The Labute approximate surface area is 125 Å². The molecule has 0 atom stereocenters. The fourth-order valence-electron chi connectivity index (χ4n) is 1.84. The summed E-state index contributed by atoms with van der Waals surface area (Å²) in [5.41, 5.74) is 7.40. The van der Waals surface area contributed by atoms with E-state index in [0.717, 1.165) is 23.0 Å². The second-order valence-electron chi connectivity index (χ2n) is 4.29. The summed E-state index contributed by atoms with van der Waals surface area (Å²) in [6.07, 6.45) is 1.74. The molecule has 0 amide bonds. The van der Waals surface area contributed by atoms with Crippen LogP contribution in [-0.2, 0) is 6.42 Å². The molecule has 6 heteroatoms. The first-order valence-electron chi connectivity index (χ1n) is 6.22. The fourth-order valence-corrected chi connectivity index (χ4v) is 2.22. The van der Waals surface area contributed by atoms with E-state index in [9.17, 15) is 4.39 Å². The summed E-state index contributed by atoms with van der Waals surface area (Å²) in [4.78, 5) is 8.71. The molecule has 1 aromatic carbocycles. The Kier molecular flexibility index (Phi) is 4.54. The lowest BCUT2D eigenvalue weighted by molar-refractivity contribution is 0.386. The summed E-state index contributed by atoms with van der Waals surface area (Å²) in [6, 6.07) is 4.50. The Balaban J connectivity index is 2.52. The normalized spacial score (nSPS) is 10.6. The molecule has 1 heterocycles. The summed E-state index contributed by atoms with van der Waals surface area (Å²) in [5.74, 6) is 0.578. The lowest BCUT2D eigenvalue weighted by Gasteiger charge is -2.09. The number of ether oxygens (including phenoxy) is 1. The van der Waals surface area contributed by atoms with E-state index in [1.807, 2.05) is 0 Å². The molecule has 0 radical (unpaired) electrons. The minimum atomic E-state index is -0.421. The molecule has 1 aromatic heterocycles. The molecule has 0 saturated heterocycles. The summed E-state index contributed by atoms with van der Waals surface area (Å²) in [6.45, 7) is 2.06. The van der Waals surface area contributed by atoms with Crippen molar-refractivity contribution < 1.29 is 9.13 Å². The fraction of sp³-hybridized carbons (Fsp3) is 0.286. The van der Waals surface area contributed by atoms with E-state index in [-0.39, 0.29) is 5.75 Å². The molecular formula is C14H15BrFN3O. The van der Waals surface area contributed by atoms with Gasteiger partial charge in [0.2, 0.25) is 0 Å². The summed E-state index contributed by atoms with van der Waals surface area (Å²) < 4.78 is 19.1. The number of methoxy groups -OCH3 is 1. The van der Waals surface area contributed by atoms with Gasteiger partial charge in [0.1, 0.15) is 5.82 Å². The van der Waals surface area contributed by atoms with Crippen molar-refractivity contribution in [2.24, 2.45) is 0 Å². The highest BCUT2D eigenvalue weighted by molar-refractivity contribution is 9.10. The summed E-state index contributed by atoms with van der Waals surface area (Å²) in [5, 5.41) is 0. The largest absolute Gasteiger partial charge is 0.494 e. The van der Waals surface area contributed by atoms with E-state index in [2.05, 4.69) is 32.8 Å². The second kappa shape index (κ2) is 6.17. The lowest BCUT2D eigenvalue weighted by Crippen LogP contribution is -2.03. The molecule has 2 N–H and O–H groups in total. The first-order chi connectivity index (χ1) is 9.56. The van der Waals surface area contributed by atoms with E-state index in [0.29, 0.717) is 17.2 Å². The van der Waals surface area contributed by atoms with Crippen LogP contribution in [-0.4, -0.2) is 17.1 Å². The predicted octanol–water partition coefficient (Wildman–Crippen LogP) is 3.59. The van der Waals surface area contributed by atoms with Crippen LogP contribution in [0.2, 0.25) is 0 Å². The highest BCUT2D eigenvalue weighted by atomic mass is 79.9. The number of halogens is 2. The van der Waals surface area contributed by atoms with Gasteiger partial charge in [0.05, 0.1) is 17.3 Å². The van der Waals surface area contributed by atoms with Crippen molar-refractivity contribution >= 4 is 21.7 Å². The van der Waals surface area contributed by atoms with E-state index in [1.165, 1.54) is 13.2 Å². The zero-order valence-corrected chi connectivity index (χ0v) is 12.9. The Bertz CT molecular complexity index is 634. The molecule has 0 fully saturated rings. The maximum Gasteiger partial charge on any atom is 0.165 e. The zero-order chi connectivity index (χ0) is 14.7. The van der Waals surface area contributed by atoms with Crippen molar-refractivity contribution in [3.63, 3.8) is 0 Å². The SMILES string of the molecule is CCCc1nc(-c2ccc(F)c(OC)c2)nc(N)c1Br. The first kappa shape index (κ1) is 14.7. The van der Waals surface area contributed by atoms with Gasteiger partial charge in [-0.2, -0.15) is 0 Å². The molecule has 20 heavy (non-hydrogen) atoms. The minimum Gasteiger partial charge on any atom is -0.494 e. The third kappa shape index (κ3) is 2.90. The molecule has 4 nitrogen and oxygen atoms in total. The van der Waals surface area contributed by atoms with E-state index >= 15 is 0 Å². The maximum absolute atomic E-state index is 13.4. The zero-order valence-electron chi connectivity index (χ0n) is 11.3. The van der Waals surface area contributed by atoms with Gasteiger partial charge in [0, 0.05) is 5.56 Å². The van der Waals surface area contributed by atoms with Gasteiger partial charge in [0.15, 0.2) is 17.4 Å². The van der Waals surface area contributed by atoms with E-state index < -0.39 is 5.82 Å². The standard InChI is InChI=1S/C14H15BrFN3O/c1-3-4-10-12(15)13(17)19-14(18-10)8-5-6-9(16)11(7-8)20-2/h5-7H,3-4H2,1-2H3,(H2,17,18,19). The molecule has 0 saturated carbocycles. The van der Waals surface area contributed by atoms with Crippen LogP contribution in [0.25, 0.3) is 11.4 Å². The summed E-state index contributed by atoms with van der Waals surface area (Å²) in [7, 11) is 1.42. The molecule has 0 unspecified atom stereocenters. The molecule has 2 rings (SSSR count). The average Bonchev–Trinajstić information content (AvgIpc) is 2.44. The van der Waals surface area contributed by atoms with Crippen molar-refractivity contribution in [1.82, 2.24) is 9.97 Å². The van der Waals surface area contributed by atoms with Gasteiger partial charge in [-0.05, 0) is 40.5 Å². The van der Waals surface area contributed by atoms with Gasteiger partial charge in [-0.3, -0.25) is 0 Å². The van der Waals surface area contributed by atoms with Crippen LogP contribution in [0.3, 0.4) is 0 Å². The highest BCUT2D eigenvalue weighted by Gasteiger charge is 2.13. The maximum atomic E-state index is 13.4. The van der Waals surface area contributed by atoms with Crippen LogP contribution in [0, 0.1) is 5.82 Å². The first-order valence-corrected chi connectivity index (χ1v) is 7.02. The average molecular weight is 340 g/mol. The molecule has 0 spiro atoms. The number of aromatic nitrogens is 2. The Hall–Kier alpha value is -1.69. The molecule has 106 valence electrons. The highest BCUT2D eigenvalue weighted by Crippen LogP contribution is 2.28. The number of hydrogen-bond donors (Lipinski definition) is 1. The van der Waals surface area contributed by atoms with Crippen LogP contribution in [0.1, 0.15) is 19.0 Å². The van der Waals surface area contributed by atoms with Crippen LogP contribution >= 0.6 is 15.9 Å². The number of hydrogen-bond acceptors (Lipinski definition) is 4. The lowest BCUT2D eigenvalue weighted by atomic mass is 10.1. The van der Waals surface area contributed by atoms with E-state index in [4.69, 9.17) is 10.5 Å². The number of benzene rings is 1. The predicted molar refractivity (Wildman–Crippen MR) is 80.1 cm³/mol. The number of anilines is 1. The third-order valence-electron chi connectivity index (χ3n) is 2.84. The van der Waals surface area contributed by atoms with E-state index in [1.54, 1.807) is 12.1 Å². The van der Waals surface area contributed by atoms with Gasteiger partial charge >= 0.3 is 0 Å². The topological polar surface area (TPSA) is 61.0 Å². The molecule has 0 bridgehead atoms. The van der Waals surface area contributed by atoms with Gasteiger partial charge in [-0.1, -0.05) is 13.3 Å². The number of rotatable bonds is 4. The Morgan fingerprint density at radius 1 is 1.35 bits per heavy atom. The number of nitrogens with two attached hydrogens (primary N) is 1. The van der Waals surface area contributed by atoms with Crippen LogP contribution in [0.5, 0.6) is 5.75 Å². The number of aryl methyl sites for hydroxylation is 1.